The average Bonchev–Trinajstić information content (AvgIpc) is 2.98. The van der Waals surface area contributed by atoms with Crippen molar-refractivity contribution in [3.8, 4) is 11.1 Å². The molecule has 1 aromatic heterocycles. The fourth-order valence-electron chi connectivity index (χ4n) is 3.18. The molecule has 0 bridgehead atoms. The van der Waals surface area contributed by atoms with Gasteiger partial charge in [0.15, 0.2) is 0 Å². The lowest BCUT2D eigenvalue weighted by Crippen LogP contribution is -2.40. The van der Waals surface area contributed by atoms with Gasteiger partial charge in [-0.3, -0.25) is 9.59 Å². The first-order chi connectivity index (χ1) is 12.5. The van der Waals surface area contributed by atoms with Crippen LogP contribution in [-0.4, -0.2) is 29.6 Å². The van der Waals surface area contributed by atoms with Crippen molar-refractivity contribution in [2.45, 2.75) is 40.2 Å². The van der Waals surface area contributed by atoms with Gasteiger partial charge in [0, 0.05) is 22.8 Å². The zero-order valence-electron chi connectivity index (χ0n) is 15.6. The van der Waals surface area contributed by atoms with Crippen LogP contribution in [0.15, 0.2) is 30.3 Å². The molecule has 0 spiro atoms. The Balaban J connectivity index is 0.00000117. The topological polar surface area (TPSA) is 60.3 Å². The number of ether oxygens (including phenoxy) is 1. The van der Waals surface area contributed by atoms with E-state index in [1.807, 2.05) is 55.7 Å². The number of rotatable bonds is 4. The van der Waals surface area contributed by atoms with Gasteiger partial charge in [-0.2, -0.15) is 0 Å². The Bertz CT molecular complexity index is 798. The summed E-state index contributed by atoms with van der Waals surface area (Å²) < 4.78 is 6.99. The van der Waals surface area contributed by atoms with Crippen LogP contribution in [0.25, 0.3) is 11.1 Å². The zero-order chi connectivity index (χ0) is 19.3. The molecule has 0 saturated carbocycles. The van der Waals surface area contributed by atoms with Crippen molar-refractivity contribution in [2.75, 3.05) is 13.2 Å². The van der Waals surface area contributed by atoms with Gasteiger partial charge in [-0.05, 0) is 37.6 Å². The molecule has 140 valence electrons. The number of hydrogen-bond donors (Lipinski definition) is 1. The number of halogens is 1. The van der Waals surface area contributed by atoms with Crippen LogP contribution >= 0.6 is 11.6 Å². The van der Waals surface area contributed by atoms with Crippen molar-refractivity contribution in [2.24, 2.45) is 0 Å². The average molecular weight is 377 g/mol. The summed E-state index contributed by atoms with van der Waals surface area (Å²) in [6.07, 6.45) is 0.228. The van der Waals surface area contributed by atoms with Crippen LogP contribution in [0.2, 0.25) is 5.02 Å². The number of nitrogens with zero attached hydrogens (tertiary/aromatic N) is 1. The van der Waals surface area contributed by atoms with E-state index in [0.29, 0.717) is 23.9 Å². The predicted octanol–water partition coefficient (Wildman–Crippen LogP) is 4.38. The van der Waals surface area contributed by atoms with Crippen molar-refractivity contribution in [3.05, 3.63) is 46.7 Å². The largest absolute Gasteiger partial charge is 0.466 e. The van der Waals surface area contributed by atoms with E-state index in [1.165, 1.54) is 0 Å². The summed E-state index contributed by atoms with van der Waals surface area (Å²) in [5.41, 5.74) is 3.39. The third-order valence-electron chi connectivity index (χ3n) is 4.23. The number of aromatic nitrogens is 1. The number of carbonyl (C=O) groups excluding carboxylic acids is 2. The molecule has 1 atom stereocenters. The van der Waals surface area contributed by atoms with Gasteiger partial charge in [-0.1, -0.05) is 37.6 Å². The maximum absolute atomic E-state index is 12.2. The fraction of sp³-hybridized carbons (Fsp3) is 0.400. The van der Waals surface area contributed by atoms with Crippen LogP contribution in [0.4, 0.5) is 0 Å². The normalized spacial score (nSPS) is 15.4. The highest BCUT2D eigenvalue weighted by atomic mass is 35.5. The lowest BCUT2D eigenvalue weighted by atomic mass is 10.1. The third kappa shape index (κ3) is 4.10. The van der Waals surface area contributed by atoms with Crippen LogP contribution in [0, 0.1) is 6.92 Å². The van der Waals surface area contributed by atoms with Crippen LogP contribution in [0.3, 0.4) is 0 Å². The summed E-state index contributed by atoms with van der Waals surface area (Å²) in [6, 6.07) is 9.22. The Morgan fingerprint density at radius 3 is 2.73 bits per heavy atom. The summed E-state index contributed by atoms with van der Waals surface area (Å²) in [6.45, 7) is 8.50. The quantitative estimate of drug-likeness (QED) is 0.805. The summed E-state index contributed by atoms with van der Waals surface area (Å²) in [5.74, 6) is -0.395. The van der Waals surface area contributed by atoms with Gasteiger partial charge in [0.1, 0.15) is 5.69 Å². The Morgan fingerprint density at radius 1 is 1.35 bits per heavy atom. The second-order valence-electron chi connectivity index (χ2n) is 5.78. The minimum absolute atomic E-state index is 0.133. The van der Waals surface area contributed by atoms with Crippen molar-refractivity contribution in [1.82, 2.24) is 9.88 Å². The molecule has 2 aromatic rings. The number of esters is 1. The lowest BCUT2D eigenvalue weighted by Gasteiger charge is -2.27. The molecule has 0 fully saturated rings. The molecule has 26 heavy (non-hydrogen) atoms. The number of nitrogens with one attached hydrogen (secondary N) is 1. The van der Waals surface area contributed by atoms with Gasteiger partial charge in [-0.15, -0.1) is 0 Å². The molecule has 3 rings (SSSR count). The monoisotopic (exact) mass is 376 g/mol. The Hall–Kier alpha value is -2.27. The predicted molar refractivity (Wildman–Crippen MR) is 104 cm³/mol. The van der Waals surface area contributed by atoms with E-state index in [1.54, 1.807) is 6.92 Å². The Morgan fingerprint density at radius 2 is 2.08 bits per heavy atom. The molecule has 5 nitrogen and oxygen atoms in total. The second kappa shape index (κ2) is 8.90. The van der Waals surface area contributed by atoms with Gasteiger partial charge in [0.05, 0.1) is 19.1 Å². The first-order valence-electron chi connectivity index (χ1n) is 8.92. The molecular weight excluding hydrogens is 352 g/mol. The highest BCUT2D eigenvalue weighted by molar-refractivity contribution is 6.30. The number of fused-ring (bicyclic) bond motifs is 1. The zero-order valence-corrected chi connectivity index (χ0v) is 16.4. The van der Waals surface area contributed by atoms with E-state index >= 15 is 0 Å². The minimum atomic E-state index is -0.262. The van der Waals surface area contributed by atoms with Gasteiger partial charge in [0.2, 0.25) is 0 Å². The summed E-state index contributed by atoms with van der Waals surface area (Å²) >= 11 is 6.09. The summed E-state index contributed by atoms with van der Waals surface area (Å²) in [4.78, 5) is 24.1. The molecule has 1 amide bonds. The van der Waals surface area contributed by atoms with Crippen molar-refractivity contribution < 1.29 is 14.3 Å². The van der Waals surface area contributed by atoms with Crippen molar-refractivity contribution in [1.29, 1.82) is 0 Å². The molecule has 1 aromatic carbocycles. The molecule has 1 N–H and O–H groups in total. The van der Waals surface area contributed by atoms with Gasteiger partial charge >= 0.3 is 5.97 Å². The van der Waals surface area contributed by atoms with Gasteiger partial charge in [0.25, 0.3) is 5.91 Å². The van der Waals surface area contributed by atoms with Crippen LogP contribution < -0.4 is 5.32 Å². The standard InChI is InChI=1S/C18H19ClN2O3.C2H6/c1-3-24-17(22)8-14-10-20-18(23)16-9-15(11(2)21(14)16)12-5-4-6-13(19)7-12;1-2/h4-7,9,14H,3,8,10H2,1-2H3,(H,20,23);1-2H3. The number of hydrogen-bond acceptors (Lipinski definition) is 3. The van der Waals surface area contributed by atoms with Crippen molar-refractivity contribution >= 4 is 23.5 Å². The second-order valence-corrected chi connectivity index (χ2v) is 6.22. The number of carbonyl (C=O) groups is 2. The molecule has 0 aliphatic carbocycles. The first kappa shape index (κ1) is 20.0. The van der Waals surface area contributed by atoms with E-state index in [9.17, 15) is 9.59 Å². The number of amides is 1. The van der Waals surface area contributed by atoms with Crippen LogP contribution in [0.1, 0.15) is 49.4 Å². The molecule has 1 aliphatic heterocycles. The van der Waals surface area contributed by atoms with Gasteiger partial charge in [-0.25, -0.2) is 0 Å². The molecule has 1 unspecified atom stereocenters. The molecule has 1 aliphatic rings. The molecular formula is C20H25ClN2O3. The van der Waals surface area contributed by atoms with E-state index in [0.717, 1.165) is 16.8 Å². The minimum Gasteiger partial charge on any atom is -0.466 e. The highest BCUT2D eigenvalue weighted by Crippen LogP contribution is 2.33. The Kier molecular flexibility index (Phi) is 6.86. The molecule has 0 saturated heterocycles. The van der Waals surface area contributed by atoms with E-state index < -0.39 is 0 Å². The fourth-order valence-corrected chi connectivity index (χ4v) is 3.37. The van der Waals surface area contributed by atoms with E-state index in [2.05, 4.69) is 5.32 Å². The third-order valence-corrected chi connectivity index (χ3v) is 4.47. The summed E-state index contributed by atoms with van der Waals surface area (Å²) in [5, 5.41) is 3.49. The van der Waals surface area contributed by atoms with Crippen LogP contribution in [0.5, 0.6) is 0 Å². The van der Waals surface area contributed by atoms with E-state index in [-0.39, 0.29) is 24.3 Å². The highest BCUT2D eigenvalue weighted by Gasteiger charge is 2.30. The molecule has 6 heteroatoms. The number of benzene rings is 1. The van der Waals surface area contributed by atoms with E-state index in [4.69, 9.17) is 16.3 Å². The lowest BCUT2D eigenvalue weighted by molar-refractivity contribution is -0.144. The van der Waals surface area contributed by atoms with Crippen LogP contribution in [-0.2, 0) is 9.53 Å². The smallest absolute Gasteiger partial charge is 0.307 e. The Labute approximate surface area is 159 Å². The van der Waals surface area contributed by atoms with Crippen molar-refractivity contribution in [3.63, 3.8) is 0 Å². The molecule has 2 heterocycles. The maximum Gasteiger partial charge on any atom is 0.307 e. The van der Waals surface area contributed by atoms with Gasteiger partial charge < -0.3 is 14.6 Å². The summed E-state index contributed by atoms with van der Waals surface area (Å²) in [7, 11) is 0. The molecule has 0 radical (unpaired) electrons. The SMILES string of the molecule is CC.CCOC(=O)CC1CNC(=O)c2cc(-c3cccc(Cl)c3)c(C)n21. The first-order valence-corrected chi connectivity index (χ1v) is 9.30. The maximum atomic E-state index is 12.2.